The number of aromatic nitrogens is 2. The molecule has 0 radical (unpaired) electrons. The van der Waals surface area contributed by atoms with Gasteiger partial charge in [0.2, 0.25) is 5.91 Å². The molecule has 0 aliphatic heterocycles. The number of rotatable bonds is 6. The number of carbonyl (C=O) groups excluding carboxylic acids is 1. The molecule has 7 nitrogen and oxygen atoms in total. The molecule has 170 valence electrons. The Hall–Kier alpha value is -3.76. The molecule has 0 aliphatic carbocycles. The summed E-state index contributed by atoms with van der Waals surface area (Å²) in [6.45, 7) is 1.93. The molecule has 3 aromatic rings. The summed E-state index contributed by atoms with van der Waals surface area (Å²) in [5.41, 5.74) is 1.40. The van der Waals surface area contributed by atoms with Crippen molar-refractivity contribution >= 4 is 23.2 Å². The van der Waals surface area contributed by atoms with Gasteiger partial charge < -0.3 is 10.1 Å². The quantitative estimate of drug-likeness (QED) is 0.448. The van der Waals surface area contributed by atoms with E-state index in [1.165, 1.54) is 7.05 Å². The van der Waals surface area contributed by atoms with Crippen molar-refractivity contribution in [1.29, 1.82) is 0 Å². The normalized spacial score (nSPS) is 10.3. The maximum absolute atomic E-state index is 12.6. The van der Waals surface area contributed by atoms with E-state index >= 15 is 0 Å². The first-order valence-corrected chi connectivity index (χ1v) is 10.7. The van der Waals surface area contributed by atoms with Crippen LogP contribution in [-0.2, 0) is 24.8 Å². The Morgan fingerprint density at radius 3 is 2.58 bits per heavy atom. The fourth-order valence-electron chi connectivity index (χ4n) is 3.12. The first-order valence-electron chi connectivity index (χ1n) is 10.3. The molecule has 0 bridgehead atoms. The summed E-state index contributed by atoms with van der Waals surface area (Å²) in [4.78, 5) is 37.6. The van der Waals surface area contributed by atoms with E-state index in [-0.39, 0.29) is 29.7 Å². The summed E-state index contributed by atoms with van der Waals surface area (Å²) in [5, 5.41) is 2.40. The predicted molar refractivity (Wildman–Crippen MR) is 129 cm³/mol. The third-order valence-electron chi connectivity index (χ3n) is 5.05. The molecule has 33 heavy (non-hydrogen) atoms. The summed E-state index contributed by atoms with van der Waals surface area (Å²) in [6, 6.07) is 15.0. The Morgan fingerprint density at radius 1 is 1.15 bits per heavy atom. The van der Waals surface area contributed by atoms with Crippen molar-refractivity contribution in [3.63, 3.8) is 0 Å². The van der Waals surface area contributed by atoms with Gasteiger partial charge in [0.15, 0.2) is 0 Å². The van der Waals surface area contributed by atoms with Crippen LogP contribution >= 0.6 is 11.6 Å². The SMILES string of the molecule is COc1cccc(C#CCn2c(Cl)c(NC(=O)CCc3ccc(C)cc3)c(=O)n(C)c2=O)c1. The van der Waals surface area contributed by atoms with E-state index in [0.717, 1.165) is 20.3 Å². The van der Waals surface area contributed by atoms with Crippen molar-refractivity contribution < 1.29 is 9.53 Å². The van der Waals surface area contributed by atoms with Gasteiger partial charge in [-0.15, -0.1) is 0 Å². The molecule has 8 heteroatoms. The van der Waals surface area contributed by atoms with E-state index in [0.29, 0.717) is 17.7 Å². The fraction of sp³-hybridized carbons (Fsp3) is 0.240. The molecule has 2 aromatic carbocycles. The van der Waals surface area contributed by atoms with Gasteiger partial charge in [-0.1, -0.05) is 59.3 Å². The van der Waals surface area contributed by atoms with Gasteiger partial charge in [-0.05, 0) is 37.1 Å². The minimum atomic E-state index is -0.675. The number of benzene rings is 2. The average Bonchev–Trinajstić information content (AvgIpc) is 2.82. The number of aryl methyl sites for hydroxylation is 2. The van der Waals surface area contributed by atoms with Crippen LogP contribution in [0.2, 0.25) is 5.15 Å². The zero-order valence-electron chi connectivity index (χ0n) is 18.6. The van der Waals surface area contributed by atoms with Crippen LogP contribution in [0.5, 0.6) is 5.75 Å². The first kappa shape index (κ1) is 23.9. The molecule has 1 N–H and O–H groups in total. The van der Waals surface area contributed by atoms with Crippen LogP contribution in [0.25, 0.3) is 0 Å². The molecular weight excluding hydrogens is 442 g/mol. The number of anilines is 1. The van der Waals surface area contributed by atoms with Gasteiger partial charge >= 0.3 is 5.69 Å². The lowest BCUT2D eigenvalue weighted by Crippen LogP contribution is -2.40. The summed E-state index contributed by atoms with van der Waals surface area (Å²) < 4.78 is 7.21. The van der Waals surface area contributed by atoms with Crippen molar-refractivity contribution in [1.82, 2.24) is 9.13 Å². The highest BCUT2D eigenvalue weighted by Crippen LogP contribution is 2.16. The monoisotopic (exact) mass is 465 g/mol. The van der Waals surface area contributed by atoms with Gasteiger partial charge in [0.25, 0.3) is 5.56 Å². The predicted octanol–water partition coefficient (Wildman–Crippen LogP) is 3.14. The largest absolute Gasteiger partial charge is 0.497 e. The van der Waals surface area contributed by atoms with E-state index in [2.05, 4.69) is 17.2 Å². The standard InChI is InChI=1S/C25H24ClN3O4/c1-17-9-11-18(12-10-17)13-14-21(30)27-22-23(26)29(25(32)28(2)24(22)31)15-5-7-19-6-4-8-20(16-19)33-3/h4,6,8-12,16H,13-15H2,1-3H3,(H,27,30). The zero-order valence-corrected chi connectivity index (χ0v) is 19.4. The Labute approximate surface area is 196 Å². The molecular formula is C25H24ClN3O4. The van der Waals surface area contributed by atoms with Crippen molar-refractivity contribution in [3.05, 3.63) is 91.2 Å². The molecule has 0 unspecified atom stereocenters. The smallest absolute Gasteiger partial charge is 0.332 e. The molecule has 0 spiro atoms. The van der Waals surface area contributed by atoms with E-state index in [4.69, 9.17) is 16.3 Å². The van der Waals surface area contributed by atoms with Crippen LogP contribution in [-0.4, -0.2) is 22.2 Å². The van der Waals surface area contributed by atoms with Gasteiger partial charge in [-0.3, -0.25) is 18.7 Å². The molecule has 0 fully saturated rings. The molecule has 1 aromatic heterocycles. The number of methoxy groups -OCH3 is 1. The van der Waals surface area contributed by atoms with Crippen LogP contribution in [0, 0.1) is 18.8 Å². The minimum Gasteiger partial charge on any atom is -0.497 e. The van der Waals surface area contributed by atoms with Crippen molar-refractivity contribution in [3.8, 4) is 17.6 Å². The van der Waals surface area contributed by atoms with Crippen LogP contribution in [0.4, 0.5) is 5.69 Å². The number of halogens is 1. The second kappa shape index (κ2) is 10.7. The second-order valence-corrected chi connectivity index (χ2v) is 7.82. The number of ether oxygens (including phenoxy) is 1. The maximum Gasteiger partial charge on any atom is 0.332 e. The highest BCUT2D eigenvalue weighted by atomic mass is 35.5. The van der Waals surface area contributed by atoms with E-state index in [1.807, 2.05) is 31.2 Å². The Morgan fingerprint density at radius 2 is 1.88 bits per heavy atom. The number of carbonyl (C=O) groups is 1. The molecule has 0 aliphatic rings. The summed E-state index contributed by atoms with van der Waals surface area (Å²) in [7, 11) is 2.89. The average molecular weight is 466 g/mol. The lowest BCUT2D eigenvalue weighted by atomic mass is 10.1. The number of hydrogen-bond donors (Lipinski definition) is 1. The van der Waals surface area contributed by atoms with Gasteiger partial charge in [-0.25, -0.2) is 4.79 Å². The van der Waals surface area contributed by atoms with Crippen LogP contribution in [0.1, 0.15) is 23.1 Å². The molecule has 0 atom stereocenters. The number of amides is 1. The summed E-state index contributed by atoms with van der Waals surface area (Å²) in [6.07, 6.45) is 0.674. The van der Waals surface area contributed by atoms with E-state index < -0.39 is 11.2 Å². The third kappa shape index (κ3) is 5.93. The number of hydrogen-bond acceptors (Lipinski definition) is 4. The van der Waals surface area contributed by atoms with Gasteiger partial charge in [0.05, 0.1) is 13.7 Å². The lowest BCUT2D eigenvalue weighted by Gasteiger charge is -2.13. The third-order valence-corrected chi connectivity index (χ3v) is 5.44. The van der Waals surface area contributed by atoms with E-state index in [1.54, 1.807) is 31.4 Å². The van der Waals surface area contributed by atoms with Crippen LogP contribution in [0.15, 0.2) is 58.1 Å². The van der Waals surface area contributed by atoms with Crippen molar-refractivity contribution in [2.75, 3.05) is 12.4 Å². The van der Waals surface area contributed by atoms with Crippen molar-refractivity contribution in [2.24, 2.45) is 7.05 Å². The molecule has 1 heterocycles. The maximum atomic E-state index is 12.6. The van der Waals surface area contributed by atoms with Gasteiger partial charge in [0.1, 0.15) is 16.6 Å². The second-order valence-electron chi connectivity index (χ2n) is 7.47. The summed E-state index contributed by atoms with van der Waals surface area (Å²) in [5.74, 6) is 6.10. The Kier molecular flexibility index (Phi) is 7.75. The zero-order chi connectivity index (χ0) is 24.0. The topological polar surface area (TPSA) is 82.3 Å². The molecule has 0 saturated heterocycles. The summed E-state index contributed by atoms with van der Waals surface area (Å²) >= 11 is 6.35. The molecule has 0 saturated carbocycles. The first-order chi connectivity index (χ1) is 15.8. The molecule has 3 rings (SSSR count). The number of nitrogens with zero attached hydrogens (tertiary/aromatic N) is 2. The highest BCUT2D eigenvalue weighted by Gasteiger charge is 2.17. The fourth-order valence-corrected chi connectivity index (χ4v) is 3.38. The number of nitrogens with one attached hydrogen (secondary N) is 1. The lowest BCUT2D eigenvalue weighted by molar-refractivity contribution is -0.116. The van der Waals surface area contributed by atoms with Crippen LogP contribution < -0.4 is 21.3 Å². The van der Waals surface area contributed by atoms with E-state index in [9.17, 15) is 14.4 Å². The Bertz CT molecular complexity index is 1350. The van der Waals surface area contributed by atoms with Crippen LogP contribution in [0.3, 0.4) is 0 Å². The highest BCUT2D eigenvalue weighted by molar-refractivity contribution is 6.32. The minimum absolute atomic E-state index is 0.0603. The Balaban J connectivity index is 1.79. The van der Waals surface area contributed by atoms with Gasteiger partial charge in [-0.2, -0.15) is 0 Å². The van der Waals surface area contributed by atoms with Gasteiger partial charge in [0, 0.05) is 19.0 Å². The van der Waals surface area contributed by atoms with Crippen molar-refractivity contribution in [2.45, 2.75) is 26.3 Å². The molecule has 1 amide bonds.